The molecule has 0 rings (SSSR count). The van der Waals surface area contributed by atoms with Crippen LogP contribution in [0.4, 0.5) is 0 Å². The van der Waals surface area contributed by atoms with Gasteiger partial charge in [-0.1, -0.05) is 43.6 Å². The third-order valence-electron chi connectivity index (χ3n) is 2.34. The largest absolute Gasteiger partial charge is 0.356 e. The first kappa shape index (κ1) is 14.9. The van der Waals surface area contributed by atoms with E-state index in [0.29, 0.717) is 12.3 Å². The summed E-state index contributed by atoms with van der Waals surface area (Å²) >= 11 is 3.43. The van der Waals surface area contributed by atoms with Crippen molar-refractivity contribution in [2.75, 3.05) is 11.9 Å². The molecule has 0 saturated carbocycles. The van der Waals surface area contributed by atoms with Gasteiger partial charge >= 0.3 is 0 Å². The third kappa shape index (κ3) is 8.91. The molecular weight excluding hydrogens is 254 g/mol. The van der Waals surface area contributed by atoms with E-state index in [1.165, 1.54) is 0 Å². The summed E-state index contributed by atoms with van der Waals surface area (Å²) in [5.41, 5.74) is 0.209. The summed E-state index contributed by atoms with van der Waals surface area (Å²) in [6.45, 7) is 9.31. The number of carbonyl (C=O) groups excluding carboxylic acids is 1. The summed E-state index contributed by atoms with van der Waals surface area (Å²) in [6, 6.07) is 0. The lowest BCUT2D eigenvalue weighted by Gasteiger charge is -2.24. The van der Waals surface area contributed by atoms with Crippen molar-refractivity contribution in [3.8, 4) is 0 Å². The van der Waals surface area contributed by atoms with Crippen LogP contribution in [0.25, 0.3) is 0 Å². The van der Waals surface area contributed by atoms with E-state index < -0.39 is 0 Å². The van der Waals surface area contributed by atoms with Gasteiger partial charge in [-0.3, -0.25) is 4.79 Å². The van der Waals surface area contributed by atoms with E-state index >= 15 is 0 Å². The molecule has 3 heteroatoms. The van der Waals surface area contributed by atoms with Gasteiger partial charge in [-0.25, -0.2) is 0 Å². The number of nitrogens with one attached hydrogen (secondary N) is 1. The van der Waals surface area contributed by atoms with E-state index in [9.17, 15) is 4.79 Å². The second-order valence-electron chi connectivity index (χ2n) is 5.33. The van der Waals surface area contributed by atoms with Gasteiger partial charge in [0.2, 0.25) is 5.91 Å². The third-order valence-corrected chi connectivity index (χ3v) is 2.91. The van der Waals surface area contributed by atoms with Crippen LogP contribution >= 0.6 is 15.9 Å². The van der Waals surface area contributed by atoms with E-state index in [-0.39, 0.29) is 11.3 Å². The Balaban J connectivity index is 3.77. The van der Waals surface area contributed by atoms with Gasteiger partial charge in [0.25, 0.3) is 0 Å². The van der Waals surface area contributed by atoms with Crippen LogP contribution in [0.5, 0.6) is 0 Å². The molecule has 0 radical (unpaired) electrons. The minimum absolute atomic E-state index is 0.178. The van der Waals surface area contributed by atoms with Crippen LogP contribution in [0, 0.1) is 11.3 Å². The summed E-state index contributed by atoms with van der Waals surface area (Å²) in [5, 5.41) is 4.05. The number of rotatable bonds is 7. The second-order valence-corrected chi connectivity index (χ2v) is 6.12. The smallest absolute Gasteiger partial charge is 0.220 e. The van der Waals surface area contributed by atoms with Crippen molar-refractivity contribution in [3.63, 3.8) is 0 Å². The molecule has 0 heterocycles. The second kappa shape index (κ2) is 7.26. The van der Waals surface area contributed by atoms with Crippen molar-refractivity contribution in [1.29, 1.82) is 0 Å². The topological polar surface area (TPSA) is 29.1 Å². The first-order valence-corrected chi connectivity index (χ1v) is 6.82. The van der Waals surface area contributed by atoms with Gasteiger partial charge in [0.15, 0.2) is 0 Å². The highest BCUT2D eigenvalue weighted by Gasteiger charge is 2.18. The highest BCUT2D eigenvalue weighted by atomic mass is 79.9. The zero-order valence-electron chi connectivity index (χ0n) is 10.4. The van der Waals surface area contributed by atoms with Crippen LogP contribution in [-0.2, 0) is 4.79 Å². The van der Waals surface area contributed by atoms with Crippen molar-refractivity contribution >= 4 is 21.8 Å². The highest BCUT2D eigenvalue weighted by molar-refractivity contribution is 9.09. The summed E-state index contributed by atoms with van der Waals surface area (Å²) in [4.78, 5) is 11.5. The normalized spacial score (nSPS) is 11.9. The maximum absolute atomic E-state index is 11.5. The molecule has 1 amide bonds. The monoisotopic (exact) mass is 277 g/mol. The Labute approximate surface area is 102 Å². The van der Waals surface area contributed by atoms with E-state index in [0.717, 1.165) is 24.7 Å². The number of hydrogen-bond acceptors (Lipinski definition) is 1. The Morgan fingerprint density at radius 3 is 2.47 bits per heavy atom. The Kier molecular flexibility index (Phi) is 7.24. The highest BCUT2D eigenvalue weighted by Crippen LogP contribution is 2.21. The Morgan fingerprint density at radius 2 is 2.00 bits per heavy atom. The number of amides is 1. The van der Waals surface area contributed by atoms with Gasteiger partial charge < -0.3 is 5.32 Å². The first-order chi connectivity index (χ1) is 6.87. The predicted molar refractivity (Wildman–Crippen MR) is 69.3 cm³/mol. The van der Waals surface area contributed by atoms with Crippen molar-refractivity contribution in [2.24, 2.45) is 11.3 Å². The summed E-state index contributed by atoms with van der Waals surface area (Å²) < 4.78 is 0. The van der Waals surface area contributed by atoms with E-state index in [1.54, 1.807) is 0 Å². The molecule has 0 aliphatic rings. The number of carbonyl (C=O) groups is 1. The molecule has 90 valence electrons. The zero-order chi connectivity index (χ0) is 11.9. The standard InChI is InChI=1S/C12H24BrNO/c1-10(2)8-11(15)14-9-12(3,4)6-5-7-13/h10H,5-9H2,1-4H3,(H,14,15). The average molecular weight is 278 g/mol. The predicted octanol–water partition coefficient (Wildman–Crippen LogP) is 3.35. The number of alkyl halides is 1. The number of halogens is 1. The molecule has 2 nitrogen and oxygen atoms in total. The fourth-order valence-electron chi connectivity index (χ4n) is 1.41. The summed E-state index contributed by atoms with van der Waals surface area (Å²) in [5.74, 6) is 0.618. The quantitative estimate of drug-likeness (QED) is 0.711. The molecule has 0 aliphatic heterocycles. The SMILES string of the molecule is CC(C)CC(=O)NCC(C)(C)CCCBr. The molecule has 0 spiro atoms. The van der Waals surface area contributed by atoms with Crippen molar-refractivity contribution in [1.82, 2.24) is 5.32 Å². The lowest BCUT2D eigenvalue weighted by atomic mass is 9.88. The van der Waals surface area contributed by atoms with E-state index in [1.807, 2.05) is 0 Å². The Bertz CT molecular complexity index is 190. The molecular formula is C12H24BrNO. The van der Waals surface area contributed by atoms with Crippen LogP contribution < -0.4 is 5.32 Å². The number of hydrogen-bond donors (Lipinski definition) is 1. The molecule has 0 aromatic rings. The van der Waals surface area contributed by atoms with Crippen molar-refractivity contribution < 1.29 is 4.79 Å². The molecule has 0 unspecified atom stereocenters. The van der Waals surface area contributed by atoms with Crippen LogP contribution in [-0.4, -0.2) is 17.8 Å². The van der Waals surface area contributed by atoms with Gasteiger partial charge in [0.1, 0.15) is 0 Å². The minimum atomic E-state index is 0.178. The molecule has 0 fully saturated rings. The van der Waals surface area contributed by atoms with Crippen LogP contribution in [0.1, 0.15) is 47.0 Å². The van der Waals surface area contributed by atoms with Crippen LogP contribution in [0.3, 0.4) is 0 Å². The maximum Gasteiger partial charge on any atom is 0.220 e. The van der Waals surface area contributed by atoms with Gasteiger partial charge in [0, 0.05) is 18.3 Å². The zero-order valence-corrected chi connectivity index (χ0v) is 12.0. The minimum Gasteiger partial charge on any atom is -0.356 e. The fourth-order valence-corrected chi connectivity index (χ4v) is 1.69. The maximum atomic E-state index is 11.5. The van der Waals surface area contributed by atoms with Gasteiger partial charge in [-0.15, -0.1) is 0 Å². The molecule has 0 aromatic heterocycles. The van der Waals surface area contributed by atoms with Crippen molar-refractivity contribution in [3.05, 3.63) is 0 Å². The molecule has 15 heavy (non-hydrogen) atoms. The van der Waals surface area contributed by atoms with E-state index in [2.05, 4.69) is 48.9 Å². The fraction of sp³-hybridized carbons (Fsp3) is 0.917. The molecule has 0 atom stereocenters. The molecule has 0 aliphatic carbocycles. The molecule has 0 bridgehead atoms. The molecule has 1 N–H and O–H groups in total. The summed E-state index contributed by atoms with van der Waals surface area (Å²) in [7, 11) is 0. The molecule has 0 saturated heterocycles. The van der Waals surface area contributed by atoms with Gasteiger partial charge in [-0.2, -0.15) is 0 Å². The van der Waals surface area contributed by atoms with Crippen LogP contribution in [0.2, 0.25) is 0 Å². The summed E-state index contributed by atoms with van der Waals surface area (Å²) in [6.07, 6.45) is 2.93. The van der Waals surface area contributed by atoms with E-state index in [4.69, 9.17) is 0 Å². The Hall–Kier alpha value is -0.0500. The van der Waals surface area contributed by atoms with Gasteiger partial charge in [-0.05, 0) is 24.2 Å². The van der Waals surface area contributed by atoms with Crippen molar-refractivity contribution in [2.45, 2.75) is 47.0 Å². The van der Waals surface area contributed by atoms with Gasteiger partial charge in [0.05, 0.1) is 0 Å². The Morgan fingerprint density at radius 1 is 1.40 bits per heavy atom. The molecule has 0 aromatic carbocycles. The first-order valence-electron chi connectivity index (χ1n) is 5.70. The lowest BCUT2D eigenvalue weighted by Crippen LogP contribution is -2.34. The average Bonchev–Trinajstić information content (AvgIpc) is 2.11. The van der Waals surface area contributed by atoms with Crippen LogP contribution in [0.15, 0.2) is 0 Å². The lowest BCUT2D eigenvalue weighted by molar-refractivity contribution is -0.122.